The van der Waals surface area contributed by atoms with Gasteiger partial charge in [0.1, 0.15) is 5.78 Å². The number of carbonyl (C=O) groups excluding carboxylic acids is 2. The number of amides is 1. The Morgan fingerprint density at radius 3 is 2.59 bits per heavy atom. The number of aromatic nitrogens is 1. The smallest absolute Gasteiger partial charge is 0.233 e. The molecule has 9 heteroatoms. The Balaban J connectivity index is 1.84. The van der Waals surface area contributed by atoms with Crippen LogP contribution in [0.5, 0.6) is 0 Å². The first-order valence-electron chi connectivity index (χ1n) is 8.46. The van der Waals surface area contributed by atoms with E-state index in [0.29, 0.717) is 24.8 Å². The normalized spacial score (nSPS) is 18.4. The molecule has 0 aliphatic heterocycles. The summed E-state index contributed by atoms with van der Waals surface area (Å²) in [5, 5.41) is 2.28. The van der Waals surface area contributed by atoms with Crippen LogP contribution in [0.25, 0.3) is 0 Å². The number of anilines is 1. The van der Waals surface area contributed by atoms with Gasteiger partial charge in [-0.1, -0.05) is 23.5 Å². The maximum atomic E-state index is 13.1. The lowest BCUT2D eigenvalue weighted by Crippen LogP contribution is -2.23. The molecule has 27 heavy (non-hydrogen) atoms. The Morgan fingerprint density at radius 1 is 1.37 bits per heavy atom. The van der Waals surface area contributed by atoms with Gasteiger partial charge >= 0.3 is 0 Å². The number of ketones is 1. The van der Waals surface area contributed by atoms with Crippen LogP contribution in [0.3, 0.4) is 0 Å². The highest BCUT2D eigenvalue weighted by Crippen LogP contribution is 2.34. The predicted molar refractivity (Wildman–Crippen MR) is 100.0 cm³/mol. The van der Waals surface area contributed by atoms with Crippen molar-refractivity contribution in [3.63, 3.8) is 0 Å². The van der Waals surface area contributed by atoms with Crippen molar-refractivity contribution in [1.82, 2.24) is 4.98 Å². The minimum absolute atomic E-state index is 0.0934. The van der Waals surface area contributed by atoms with Crippen molar-refractivity contribution in [3.05, 3.63) is 41.2 Å². The van der Waals surface area contributed by atoms with Crippen LogP contribution >= 0.6 is 11.3 Å². The third-order valence-electron chi connectivity index (χ3n) is 4.65. The number of sulfone groups is 1. The molecule has 1 N–H and O–H groups in total. The van der Waals surface area contributed by atoms with Gasteiger partial charge in [0.2, 0.25) is 5.91 Å². The molecule has 1 aromatic carbocycles. The maximum absolute atomic E-state index is 13.1. The van der Waals surface area contributed by atoms with Gasteiger partial charge in [-0.15, -0.1) is 0 Å². The zero-order valence-electron chi connectivity index (χ0n) is 14.6. The molecule has 144 valence electrons. The van der Waals surface area contributed by atoms with Gasteiger partial charge in [0.05, 0.1) is 17.0 Å². The first kappa shape index (κ1) is 19.6. The van der Waals surface area contributed by atoms with Gasteiger partial charge < -0.3 is 5.32 Å². The maximum Gasteiger partial charge on any atom is 0.233 e. The summed E-state index contributed by atoms with van der Waals surface area (Å²) in [7, 11) is -3.34. The fourth-order valence-electron chi connectivity index (χ4n) is 3.27. The SMILES string of the molecule is CS(=O)(=O)c1ccc([C@@H](C[C@H]2CCC(=O)C2)C(=O)Nc2ncc(F)s2)cc1. The van der Waals surface area contributed by atoms with Crippen LogP contribution in [0.2, 0.25) is 0 Å². The molecule has 2 aromatic rings. The molecule has 0 bridgehead atoms. The predicted octanol–water partition coefficient (Wildman–Crippen LogP) is 3.17. The Kier molecular flexibility index (Phi) is 5.71. The average Bonchev–Trinajstić information content (AvgIpc) is 3.20. The van der Waals surface area contributed by atoms with E-state index in [-0.39, 0.29) is 27.6 Å². The van der Waals surface area contributed by atoms with Gasteiger partial charge in [-0.25, -0.2) is 13.4 Å². The van der Waals surface area contributed by atoms with E-state index in [0.717, 1.165) is 30.2 Å². The number of halogens is 1. The largest absolute Gasteiger partial charge is 0.301 e. The molecular formula is C18H19FN2O4S2. The van der Waals surface area contributed by atoms with Crippen LogP contribution in [-0.2, 0) is 19.4 Å². The highest BCUT2D eigenvalue weighted by Gasteiger charge is 2.30. The van der Waals surface area contributed by atoms with Gasteiger partial charge in [0, 0.05) is 19.1 Å². The van der Waals surface area contributed by atoms with Crippen molar-refractivity contribution < 1.29 is 22.4 Å². The third-order valence-corrected chi connectivity index (χ3v) is 6.48. The zero-order chi connectivity index (χ0) is 19.6. The summed E-state index contributed by atoms with van der Waals surface area (Å²) in [6.45, 7) is 0. The molecule has 2 atom stereocenters. The molecule has 3 rings (SSSR count). The summed E-state index contributed by atoms with van der Waals surface area (Å²) in [5.74, 6) is -0.651. The lowest BCUT2D eigenvalue weighted by Gasteiger charge is -2.20. The van der Waals surface area contributed by atoms with E-state index >= 15 is 0 Å². The van der Waals surface area contributed by atoms with E-state index in [9.17, 15) is 22.4 Å². The molecule has 1 aliphatic carbocycles. The molecule has 1 fully saturated rings. The number of hydrogen-bond acceptors (Lipinski definition) is 6. The number of carbonyl (C=O) groups is 2. The minimum Gasteiger partial charge on any atom is -0.301 e. The summed E-state index contributed by atoms with van der Waals surface area (Å²) in [5.41, 5.74) is 0.649. The van der Waals surface area contributed by atoms with Crippen molar-refractivity contribution >= 4 is 38.0 Å². The second-order valence-electron chi connectivity index (χ2n) is 6.74. The topological polar surface area (TPSA) is 93.2 Å². The number of nitrogens with zero attached hydrogens (tertiary/aromatic N) is 1. The number of thiazole rings is 1. The molecule has 6 nitrogen and oxygen atoms in total. The van der Waals surface area contributed by atoms with E-state index in [1.54, 1.807) is 12.1 Å². The van der Waals surface area contributed by atoms with Crippen LogP contribution in [0.1, 0.15) is 37.2 Å². The summed E-state index contributed by atoms with van der Waals surface area (Å²) >= 11 is 0.734. The number of nitrogens with one attached hydrogen (secondary N) is 1. The molecule has 0 unspecified atom stereocenters. The number of Topliss-reactive ketones (excluding diaryl/α,β-unsaturated/α-hetero) is 1. The zero-order valence-corrected chi connectivity index (χ0v) is 16.3. The van der Waals surface area contributed by atoms with Crippen molar-refractivity contribution in [2.24, 2.45) is 5.92 Å². The van der Waals surface area contributed by atoms with E-state index in [1.165, 1.54) is 12.1 Å². The minimum atomic E-state index is -3.34. The van der Waals surface area contributed by atoms with Crippen LogP contribution < -0.4 is 5.32 Å². The Labute approximate surface area is 160 Å². The summed E-state index contributed by atoms with van der Waals surface area (Å²) in [6, 6.07) is 6.15. The molecule has 0 radical (unpaired) electrons. The van der Waals surface area contributed by atoms with E-state index in [2.05, 4.69) is 10.3 Å². The highest BCUT2D eigenvalue weighted by molar-refractivity contribution is 7.90. The van der Waals surface area contributed by atoms with Crippen LogP contribution in [-0.4, -0.2) is 31.3 Å². The van der Waals surface area contributed by atoms with Crippen molar-refractivity contribution in [3.8, 4) is 0 Å². The molecule has 0 spiro atoms. The second-order valence-corrected chi connectivity index (χ2v) is 9.73. The fourth-order valence-corrected chi connectivity index (χ4v) is 4.45. The van der Waals surface area contributed by atoms with E-state index < -0.39 is 20.9 Å². The summed E-state index contributed by atoms with van der Waals surface area (Å²) in [6.07, 6.45) is 4.31. The van der Waals surface area contributed by atoms with Crippen molar-refractivity contribution in [1.29, 1.82) is 0 Å². The molecular weight excluding hydrogens is 391 g/mol. The van der Waals surface area contributed by atoms with Gasteiger partial charge in [0.15, 0.2) is 20.1 Å². The molecule has 1 heterocycles. The average molecular weight is 410 g/mol. The summed E-state index contributed by atoms with van der Waals surface area (Å²) in [4.78, 5) is 28.3. The second kappa shape index (κ2) is 7.85. The number of benzene rings is 1. The fraction of sp³-hybridized carbons (Fsp3) is 0.389. The first-order chi connectivity index (χ1) is 12.7. The van der Waals surface area contributed by atoms with Gasteiger partial charge in [-0.3, -0.25) is 9.59 Å². The molecule has 1 amide bonds. The van der Waals surface area contributed by atoms with Gasteiger partial charge in [-0.05, 0) is 36.5 Å². The lowest BCUT2D eigenvalue weighted by molar-refractivity contribution is -0.119. The quantitative estimate of drug-likeness (QED) is 0.790. The molecule has 0 saturated heterocycles. The monoisotopic (exact) mass is 410 g/mol. The molecule has 1 aliphatic rings. The van der Waals surface area contributed by atoms with E-state index in [1.807, 2.05) is 0 Å². The van der Waals surface area contributed by atoms with E-state index in [4.69, 9.17) is 0 Å². The first-order valence-corrected chi connectivity index (χ1v) is 11.2. The van der Waals surface area contributed by atoms with Gasteiger partial charge in [-0.2, -0.15) is 4.39 Å². The lowest BCUT2D eigenvalue weighted by atomic mass is 9.87. The van der Waals surface area contributed by atoms with Crippen molar-refractivity contribution in [2.45, 2.75) is 36.5 Å². The Bertz CT molecular complexity index is 954. The van der Waals surface area contributed by atoms with Crippen LogP contribution in [0.4, 0.5) is 9.52 Å². The van der Waals surface area contributed by atoms with Crippen molar-refractivity contribution in [2.75, 3.05) is 11.6 Å². The third kappa shape index (κ3) is 4.98. The summed E-state index contributed by atoms with van der Waals surface area (Å²) < 4.78 is 36.4. The molecule has 1 aromatic heterocycles. The Hall–Kier alpha value is -2.13. The van der Waals surface area contributed by atoms with Gasteiger partial charge in [0.25, 0.3) is 0 Å². The number of rotatable bonds is 6. The highest BCUT2D eigenvalue weighted by atomic mass is 32.2. The van der Waals surface area contributed by atoms with Crippen LogP contribution in [0.15, 0.2) is 35.4 Å². The standard InChI is InChI=1S/C18H19FN2O4S2/c1-27(24,25)14-6-3-12(4-7-14)15(9-11-2-5-13(22)8-11)17(23)21-18-20-10-16(19)26-18/h3-4,6-7,10-11,15H,2,5,8-9H2,1H3,(H,20,21,23)/t11-,15+/m0/s1. The number of hydrogen-bond donors (Lipinski definition) is 1. The Morgan fingerprint density at radius 2 is 2.07 bits per heavy atom. The van der Waals surface area contributed by atoms with Crippen LogP contribution in [0, 0.1) is 11.0 Å². The molecule has 1 saturated carbocycles.